The third-order valence-electron chi connectivity index (χ3n) is 4.86. The van der Waals surface area contributed by atoms with E-state index in [9.17, 15) is 29.4 Å². The fourth-order valence-electron chi connectivity index (χ4n) is 3.10. The number of hydrogen-bond acceptors (Lipinski definition) is 7. The largest absolute Gasteiger partial charge is 0.480 e. The number of benzene rings is 2. The highest BCUT2D eigenvalue weighted by Crippen LogP contribution is 2.13. The van der Waals surface area contributed by atoms with Gasteiger partial charge in [-0.3, -0.25) is 9.59 Å². The predicted octanol–water partition coefficient (Wildman–Crippen LogP) is 2.26. The number of aliphatic hydroxyl groups is 1. The van der Waals surface area contributed by atoms with Crippen LogP contribution in [0.5, 0.6) is 0 Å². The summed E-state index contributed by atoms with van der Waals surface area (Å²) in [6.45, 7) is 1.12. The summed E-state index contributed by atoms with van der Waals surface area (Å²) in [5.74, 6) is -1.73. The van der Waals surface area contributed by atoms with E-state index >= 15 is 0 Å². The van der Waals surface area contributed by atoms with E-state index in [2.05, 4.69) is 10.6 Å². The molecule has 0 aromatic heterocycles. The Morgan fingerprint density at radius 1 is 0.941 bits per heavy atom. The fraction of sp³-hybridized carbons (Fsp3) is 0.333. The molecule has 0 aliphatic rings. The Bertz CT molecular complexity index is 984. The van der Waals surface area contributed by atoms with Crippen LogP contribution >= 0.6 is 11.8 Å². The molecule has 0 spiro atoms. The molecule has 182 valence electrons. The highest BCUT2D eigenvalue weighted by atomic mass is 32.2. The van der Waals surface area contributed by atoms with E-state index in [4.69, 9.17) is 4.74 Å². The maximum absolute atomic E-state index is 12.9. The molecule has 0 unspecified atom stereocenters. The second-order valence-electron chi connectivity index (χ2n) is 7.42. The summed E-state index contributed by atoms with van der Waals surface area (Å²) < 4.78 is 5.17. The lowest BCUT2D eigenvalue weighted by Gasteiger charge is -2.22. The van der Waals surface area contributed by atoms with Crippen LogP contribution in [-0.2, 0) is 38.8 Å². The van der Waals surface area contributed by atoms with Gasteiger partial charge in [-0.05, 0) is 23.1 Å². The third kappa shape index (κ3) is 9.24. The number of ether oxygens (including phenoxy) is 1. The molecule has 2 rings (SSSR count). The molecule has 9 nitrogen and oxygen atoms in total. The number of alkyl carbamates (subject to hydrolysis) is 1. The molecular formula is C24H28N2O7S. The zero-order chi connectivity index (χ0) is 24.9. The zero-order valence-electron chi connectivity index (χ0n) is 18.7. The zero-order valence-corrected chi connectivity index (χ0v) is 19.5. The molecule has 2 aromatic rings. The molecule has 0 fully saturated rings. The lowest BCUT2D eigenvalue weighted by atomic mass is 10.00. The molecular weight excluding hydrogens is 460 g/mol. The first kappa shape index (κ1) is 26.9. The smallest absolute Gasteiger partial charge is 0.408 e. The summed E-state index contributed by atoms with van der Waals surface area (Å²) in [7, 11) is 0. The van der Waals surface area contributed by atoms with Crippen LogP contribution in [-0.4, -0.2) is 51.1 Å². The Labute approximate surface area is 201 Å². The van der Waals surface area contributed by atoms with Gasteiger partial charge in [0, 0.05) is 19.1 Å². The first-order chi connectivity index (χ1) is 16.3. The van der Waals surface area contributed by atoms with E-state index in [0.717, 1.165) is 17.3 Å². The van der Waals surface area contributed by atoms with Crippen molar-refractivity contribution in [1.29, 1.82) is 0 Å². The van der Waals surface area contributed by atoms with Gasteiger partial charge in [-0.2, -0.15) is 0 Å². The first-order valence-electron chi connectivity index (χ1n) is 10.6. The molecule has 0 radical (unpaired) electrons. The van der Waals surface area contributed by atoms with E-state index in [0.29, 0.717) is 11.1 Å². The first-order valence-corrected chi connectivity index (χ1v) is 11.6. The van der Waals surface area contributed by atoms with Crippen molar-refractivity contribution in [1.82, 2.24) is 10.6 Å². The predicted molar refractivity (Wildman–Crippen MR) is 127 cm³/mol. The van der Waals surface area contributed by atoms with Crippen LogP contribution in [0.2, 0.25) is 0 Å². The van der Waals surface area contributed by atoms with E-state index in [-0.39, 0.29) is 36.9 Å². The van der Waals surface area contributed by atoms with E-state index < -0.39 is 30.1 Å². The second kappa shape index (κ2) is 14.0. The molecule has 4 N–H and O–H groups in total. The van der Waals surface area contributed by atoms with Gasteiger partial charge in [0.05, 0.1) is 6.61 Å². The van der Waals surface area contributed by atoms with Crippen molar-refractivity contribution in [2.75, 3.05) is 5.75 Å². The average molecular weight is 489 g/mol. The Kier molecular flexibility index (Phi) is 11.1. The minimum atomic E-state index is -1.29. The molecule has 0 saturated carbocycles. The van der Waals surface area contributed by atoms with Gasteiger partial charge in [0.1, 0.15) is 18.7 Å². The molecule has 2 atom stereocenters. The lowest BCUT2D eigenvalue weighted by molar-refractivity contribution is -0.142. The number of aliphatic hydroxyl groups excluding tert-OH is 1. The molecule has 0 bridgehead atoms. The normalized spacial score (nSPS) is 12.3. The minimum absolute atomic E-state index is 0.00109. The average Bonchev–Trinajstić information content (AvgIpc) is 2.82. The Hall–Kier alpha value is -3.37. The Morgan fingerprint density at radius 2 is 1.59 bits per heavy atom. The van der Waals surface area contributed by atoms with Crippen molar-refractivity contribution in [3.63, 3.8) is 0 Å². The SMILES string of the molecule is CC(=O)SCC[C@H](NC(=O)OCc1ccccc1)C(=O)N[C@@H](Cc1ccccc1CO)C(=O)O. The van der Waals surface area contributed by atoms with E-state index in [1.165, 1.54) is 6.92 Å². The molecule has 10 heteroatoms. The number of carboxylic acid groups (broad SMARTS) is 1. The lowest BCUT2D eigenvalue weighted by Crippen LogP contribution is -2.52. The van der Waals surface area contributed by atoms with Crippen LogP contribution in [0.25, 0.3) is 0 Å². The fourth-order valence-corrected chi connectivity index (χ4v) is 3.74. The number of amides is 2. The molecule has 2 amide bonds. The summed E-state index contributed by atoms with van der Waals surface area (Å²) in [5, 5.41) is 23.9. The number of carbonyl (C=O) groups is 4. The molecule has 0 heterocycles. The van der Waals surface area contributed by atoms with Gasteiger partial charge < -0.3 is 25.6 Å². The summed E-state index contributed by atoms with van der Waals surface area (Å²) in [4.78, 5) is 48.3. The number of carbonyl (C=O) groups excluding carboxylic acids is 3. The summed E-state index contributed by atoms with van der Waals surface area (Å²) in [5.41, 5.74) is 1.90. The molecule has 0 aliphatic heterocycles. The number of aliphatic carboxylic acids is 1. The standard InChI is InChI=1S/C24H28N2O7S/c1-16(28)34-12-11-20(26-24(32)33-15-17-7-3-2-4-8-17)22(29)25-21(23(30)31)13-18-9-5-6-10-19(18)14-27/h2-10,20-21,27H,11-15H2,1H3,(H,25,29)(H,26,32)(H,30,31)/t20-,21-/m0/s1. The number of nitrogens with one attached hydrogen (secondary N) is 2. The number of hydrogen-bond donors (Lipinski definition) is 4. The summed E-state index contributed by atoms with van der Waals surface area (Å²) in [6.07, 6.45) is -0.796. The van der Waals surface area contributed by atoms with Crippen molar-refractivity contribution in [2.24, 2.45) is 0 Å². The van der Waals surface area contributed by atoms with Crippen LogP contribution < -0.4 is 10.6 Å². The van der Waals surface area contributed by atoms with E-state index in [1.54, 1.807) is 48.5 Å². The van der Waals surface area contributed by atoms with Gasteiger partial charge in [-0.25, -0.2) is 9.59 Å². The molecule has 0 aliphatic carbocycles. The van der Waals surface area contributed by atoms with Crippen molar-refractivity contribution in [3.8, 4) is 0 Å². The van der Waals surface area contributed by atoms with Crippen molar-refractivity contribution < 1.29 is 34.1 Å². The Morgan fingerprint density at radius 3 is 2.21 bits per heavy atom. The van der Waals surface area contributed by atoms with Crippen LogP contribution in [0.4, 0.5) is 4.79 Å². The number of thioether (sulfide) groups is 1. The molecule has 0 saturated heterocycles. The molecule has 34 heavy (non-hydrogen) atoms. The highest BCUT2D eigenvalue weighted by molar-refractivity contribution is 8.13. The van der Waals surface area contributed by atoms with Crippen molar-refractivity contribution in [2.45, 2.75) is 45.1 Å². The summed E-state index contributed by atoms with van der Waals surface area (Å²) in [6, 6.07) is 13.4. The second-order valence-corrected chi connectivity index (χ2v) is 8.69. The number of rotatable bonds is 12. The van der Waals surface area contributed by atoms with Crippen LogP contribution in [0.1, 0.15) is 30.0 Å². The monoisotopic (exact) mass is 488 g/mol. The van der Waals surface area contributed by atoms with Gasteiger partial charge in [-0.1, -0.05) is 66.4 Å². The maximum atomic E-state index is 12.9. The van der Waals surface area contributed by atoms with E-state index in [1.807, 2.05) is 6.07 Å². The van der Waals surface area contributed by atoms with Crippen molar-refractivity contribution >= 4 is 34.8 Å². The quantitative estimate of drug-likeness (QED) is 0.356. The topological polar surface area (TPSA) is 142 Å². The van der Waals surface area contributed by atoms with Crippen LogP contribution in [0.3, 0.4) is 0 Å². The van der Waals surface area contributed by atoms with Crippen LogP contribution in [0, 0.1) is 0 Å². The van der Waals surface area contributed by atoms with Gasteiger partial charge in [0.25, 0.3) is 0 Å². The highest BCUT2D eigenvalue weighted by Gasteiger charge is 2.27. The maximum Gasteiger partial charge on any atom is 0.408 e. The van der Waals surface area contributed by atoms with Gasteiger partial charge in [0.2, 0.25) is 5.91 Å². The van der Waals surface area contributed by atoms with Crippen molar-refractivity contribution in [3.05, 3.63) is 71.3 Å². The Balaban J connectivity index is 2.06. The molecule has 2 aromatic carbocycles. The van der Waals surface area contributed by atoms with Gasteiger partial charge >= 0.3 is 12.1 Å². The van der Waals surface area contributed by atoms with Gasteiger partial charge in [0.15, 0.2) is 5.12 Å². The third-order valence-corrected chi connectivity index (χ3v) is 5.71. The van der Waals surface area contributed by atoms with Crippen LogP contribution in [0.15, 0.2) is 54.6 Å². The number of carboxylic acids is 1. The minimum Gasteiger partial charge on any atom is -0.480 e. The van der Waals surface area contributed by atoms with Gasteiger partial charge in [-0.15, -0.1) is 0 Å². The summed E-state index contributed by atoms with van der Waals surface area (Å²) >= 11 is 0.992.